The summed E-state index contributed by atoms with van der Waals surface area (Å²) < 4.78 is 0. The second kappa shape index (κ2) is 5.65. The van der Waals surface area contributed by atoms with Crippen molar-refractivity contribution in [3.05, 3.63) is 22.6 Å². The predicted octanol–water partition coefficient (Wildman–Crippen LogP) is 4.84. The first-order valence-electron chi connectivity index (χ1n) is 5.39. The van der Waals surface area contributed by atoms with Crippen molar-refractivity contribution in [2.45, 2.75) is 48.0 Å². The van der Waals surface area contributed by atoms with Crippen LogP contribution in [0.1, 0.15) is 48.0 Å². The quantitative estimate of drug-likeness (QED) is 0.500. The fourth-order valence-corrected chi connectivity index (χ4v) is 1.04. The zero-order chi connectivity index (χ0) is 11.4. The van der Waals surface area contributed by atoms with Gasteiger partial charge in [-0.3, -0.25) is 0 Å². The lowest BCUT2D eigenvalue weighted by Crippen LogP contribution is -2.09. The Kier molecular flexibility index (Phi) is 5.58. The Labute approximate surface area is 94.9 Å². The van der Waals surface area contributed by atoms with Gasteiger partial charge >= 0.3 is 0 Å². The molecule has 82 valence electrons. The summed E-state index contributed by atoms with van der Waals surface area (Å²) in [6, 6.07) is 0. The number of thiol groups is 1. The predicted molar refractivity (Wildman–Crippen MR) is 69.7 cm³/mol. The van der Waals surface area contributed by atoms with Gasteiger partial charge in [0.05, 0.1) is 0 Å². The van der Waals surface area contributed by atoms with Crippen LogP contribution in [-0.2, 0) is 0 Å². The van der Waals surface area contributed by atoms with Crippen LogP contribution in [0.5, 0.6) is 0 Å². The lowest BCUT2D eigenvalue weighted by Gasteiger charge is -2.22. The Balaban J connectivity index is 4.62. The lowest BCUT2D eigenvalue weighted by atomic mass is 9.89. The van der Waals surface area contributed by atoms with Gasteiger partial charge in [0.25, 0.3) is 0 Å². The highest BCUT2D eigenvalue weighted by Crippen LogP contribution is 2.32. The maximum atomic E-state index is 4.55. The minimum atomic E-state index is 0.205. The minimum absolute atomic E-state index is 0.205. The molecule has 0 aliphatic heterocycles. The molecule has 0 saturated carbocycles. The highest BCUT2D eigenvalue weighted by Gasteiger charge is 2.17. The molecule has 0 fully saturated rings. The maximum Gasteiger partial charge on any atom is -0.00489 e. The molecule has 0 aromatic carbocycles. The Morgan fingerprint density at radius 3 is 2.14 bits per heavy atom. The van der Waals surface area contributed by atoms with Crippen molar-refractivity contribution >= 4 is 12.6 Å². The monoisotopic (exact) mass is 212 g/mol. The van der Waals surface area contributed by atoms with E-state index in [1.165, 1.54) is 10.5 Å². The van der Waals surface area contributed by atoms with Crippen LogP contribution in [0.25, 0.3) is 0 Å². The normalized spacial score (nSPS) is 15.1. The fraction of sp³-hybridized carbons (Fsp3) is 0.692. The van der Waals surface area contributed by atoms with E-state index in [4.69, 9.17) is 0 Å². The summed E-state index contributed by atoms with van der Waals surface area (Å²) in [6.07, 6.45) is 5.45. The summed E-state index contributed by atoms with van der Waals surface area (Å²) in [5.41, 5.74) is 1.61. The van der Waals surface area contributed by atoms with Gasteiger partial charge in [-0.2, -0.15) is 0 Å². The number of hydrogen-bond acceptors (Lipinski definition) is 1. The van der Waals surface area contributed by atoms with Gasteiger partial charge in [-0.25, -0.2) is 0 Å². The van der Waals surface area contributed by atoms with E-state index < -0.39 is 0 Å². The average Bonchev–Trinajstić information content (AvgIpc) is 2.13. The first-order chi connectivity index (χ1) is 6.31. The summed E-state index contributed by atoms with van der Waals surface area (Å²) in [6.45, 7) is 13.2. The van der Waals surface area contributed by atoms with Crippen molar-refractivity contribution in [2.24, 2.45) is 11.3 Å². The Bertz CT molecular complexity index is 232. The molecule has 0 aromatic rings. The van der Waals surface area contributed by atoms with Gasteiger partial charge in [-0.15, -0.1) is 12.6 Å². The second-order valence-corrected chi connectivity index (χ2v) is 5.34. The molecule has 0 aromatic heterocycles. The van der Waals surface area contributed by atoms with Crippen molar-refractivity contribution in [3.8, 4) is 0 Å². The first-order valence-corrected chi connectivity index (χ1v) is 5.84. The summed E-state index contributed by atoms with van der Waals surface area (Å²) in [5, 5.41) is 0. The number of allylic oxidation sites excluding steroid dienone is 4. The molecule has 0 amide bonds. The van der Waals surface area contributed by atoms with E-state index in [2.05, 4.69) is 66.3 Å². The van der Waals surface area contributed by atoms with Crippen LogP contribution in [-0.4, -0.2) is 0 Å². The molecule has 1 heteroatoms. The third kappa shape index (κ3) is 4.36. The van der Waals surface area contributed by atoms with Crippen molar-refractivity contribution in [2.75, 3.05) is 0 Å². The number of rotatable bonds is 4. The van der Waals surface area contributed by atoms with Crippen LogP contribution in [0.2, 0.25) is 0 Å². The molecule has 0 saturated heterocycles. The largest absolute Gasteiger partial charge is 0.147 e. The van der Waals surface area contributed by atoms with Gasteiger partial charge in [0, 0.05) is 0 Å². The van der Waals surface area contributed by atoms with Crippen LogP contribution < -0.4 is 0 Å². The molecular weight excluding hydrogens is 188 g/mol. The molecule has 0 nitrogen and oxygen atoms in total. The molecule has 0 atom stereocenters. The van der Waals surface area contributed by atoms with E-state index in [1.54, 1.807) is 0 Å². The Hall–Kier alpha value is -0.170. The van der Waals surface area contributed by atoms with E-state index in [1.807, 2.05) is 0 Å². The minimum Gasteiger partial charge on any atom is -0.147 e. The van der Waals surface area contributed by atoms with Crippen LogP contribution in [0, 0.1) is 11.3 Å². The Morgan fingerprint density at radius 1 is 1.29 bits per heavy atom. The third-order valence-electron chi connectivity index (χ3n) is 2.99. The first kappa shape index (κ1) is 13.8. The molecular formula is C13H24S. The van der Waals surface area contributed by atoms with Crippen molar-refractivity contribution in [1.29, 1.82) is 0 Å². The number of hydrogen-bond donors (Lipinski definition) is 1. The maximum absolute atomic E-state index is 4.55. The van der Waals surface area contributed by atoms with Gasteiger partial charge in [-0.05, 0) is 29.6 Å². The molecule has 0 radical (unpaired) electrons. The SMILES string of the molecule is CCC(C)(C)/C(S)=C/C=C(\C)C(C)C. The zero-order valence-corrected chi connectivity index (χ0v) is 11.3. The summed E-state index contributed by atoms with van der Waals surface area (Å²) in [4.78, 5) is 1.17. The molecule has 0 unspecified atom stereocenters. The van der Waals surface area contributed by atoms with E-state index in [0.717, 1.165) is 6.42 Å². The van der Waals surface area contributed by atoms with Crippen molar-refractivity contribution < 1.29 is 0 Å². The molecule has 0 N–H and O–H groups in total. The van der Waals surface area contributed by atoms with Crippen LogP contribution >= 0.6 is 12.6 Å². The van der Waals surface area contributed by atoms with Crippen LogP contribution in [0.3, 0.4) is 0 Å². The molecule has 0 spiro atoms. The zero-order valence-electron chi connectivity index (χ0n) is 10.4. The van der Waals surface area contributed by atoms with E-state index in [0.29, 0.717) is 5.92 Å². The topological polar surface area (TPSA) is 0 Å². The van der Waals surface area contributed by atoms with Crippen LogP contribution in [0.15, 0.2) is 22.6 Å². The van der Waals surface area contributed by atoms with E-state index in [9.17, 15) is 0 Å². The van der Waals surface area contributed by atoms with Crippen molar-refractivity contribution in [1.82, 2.24) is 0 Å². The Morgan fingerprint density at radius 2 is 1.79 bits per heavy atom. The van der Waals surface area contributed by atoms with E-state index >= 15 is 0 Å². The van der Waals surface area contributed by atoms with E-state index in [-0.39, 0.29) is 5.41 Å². The molecule has 0 rings (SSSR count). The van der Waals surface area contributed by atoms with Gasteiger partial charge < -0.3 is 0 Å². The lowest BCUT2D eigenvalue weighted by molar-refractivity contribution is 0.454. The third-order valence-corrected chi connectivity index (χ3v) is 3.75. The fourth-order valence-electron chi connectivity index (χ4n) is 0.810. The summed E-state index contributed by atoms with van der Waals surface area (Å²) >= 11 is 4.55. The summed E-state index contributed by atoms with van der Waals surface area (Å²) in [7, 11) is 0. The molecule has 0 heterocycles. The molecule has 0 bridgehead atoms. The highest BCUT2D eigenvalue weighted by molar-refractivity contribution is 7.84. The van der Waals surface area contributed by atoms with Gasteiger partial charge in [0.15, 0.2) is 0 Å². The molecule has 0 aliphatic carbocycles. The molecule has 0 aliphatic rings. The van der Waals surface area contributed by atoms with Gasteiger partial charge in [-0.1, -0.05) is 52.3 Å². The van der Waals surface area contributed by atoms with Crippen molar-refractivity contribution in [3.63, 3.8) is 0 Å². The summed E-state index contributed by atoms with van der Waals surface area (Å²) in [5.74, 6) is 0.622. The average molecular weight is 212 g/mol. The standard InChI is InChI=1S/C13H24S/c1-7-13(5,6)12(14)9-8-11(4)10(2)3/h8-10,14H,7H2,1-6H3/b11-8+,12-9-. The van der Waals surface area contributed by atoms with Gasteiger partial charge in [0.1, 0.15) is 0 Å². The highest BCUT2D eigenvalue weighted by atomic mass is 32.1. The van der Waals surface area contributed by atoms with Crippen LogP contribution in [0.4, 0.5) is 0 Å². The second-order valence-electron chi connectivity index (χ2n) is 4.85. The molecule has 14 heavy (non-hydrogen) atoms. The smallest absolute Gasteiger partial charge is 0.00489 e. The van der Waals surface area contributed by atoms with Gasteiger partial charge in [0.2, 0.25) is 0 Å².